The summed E-state index contributed by atoms with van der Waals surface area (Å²) in [5.41, 5.74) is 5.55. The Morgan fingerprint density at radius 3 is 2.73 bits per heavy atom. The van der Waals surface area contributed by atoms with Crippen molar-refractivity contribution in [1.82, 2.24) is 0 Å². The molecule has 0 unspecified atom stereocenters. The number of hydrogen-bond donors (Lipinski definition) is 1. The lowest BCUT2D eigenvalue weighted by Crippen LogP contribution is -2.40. The van der Waals surface area contributed by atoms with E-state index in [0.717, 1.165) is 12.8 Å². The molecule has 11 heavy (non-hydrogen) atoms. The number of carbonyl (C=O) groups excluding carboxylic acids is 1. The number of hydrogen-bond acceptors (Lipinski definition) is 2. The highest BCUT2D eigenvalue weighted by molar-refractivity contribution is 5.84. The third-order valence-electron chi connectivity index (χ3n) is 2.07. The van der Waals surface area contributed by atoms with E-state index in [1.807, 2.05) is 0 Å². The normalized spacial score (nSPS) is 28.2. The van der Waals surface area contributed by atoms with Crippen molar-refractivity contribution in [3.63, 3.8) is 0 Å². The van der Waals surface area contributed by atoms with E-state index in [2.05, 4.69) is 11.8 Å². The maximum absolute atomic E-state index is 11.2. The minimum absolute atomic E-state index is 0.214. The smallest absolute Gasteiger partial charge is 0.147 e. The van der Waals surface area contributed by atoms with Crippen LogP contribution in [-0.4, -0.2) is 11.8 Å². The maximum Gasteiger partial charge on any atom is 0.147 e. The molecule has 60 valence electrons. The zero-order chi connectivity index (χ0) is 8.27. The van der Waals surface area contributed by atoms with Crippen LogP contribution in [0, 0.1) is 17.8 Å². The van der Waals surface area contributed by atoms with Gasteiger partial charge in [0.1, 0.15) is 5.78 Å². The lowest BCUT2D eigenvalue weighted by molar-refractivity contribution is -0.124. The Morgan fingerprint density at radius 1 is 1.64 bits per heavy atom. The topological polar surface area (TPSA) is 43.1 Å². The van der Waals surface area contributed by atoms with E-state index in [1.54, 1.807) is 6.92 Å². The molecule has 1 fully saturated rings. The van der Waals surface area contributed by atoms with Crippen molar-refractivity contribution in [1.29, 1.82) is 0 Å². The highest BCUT2D eigenvalue weighted by Gasteiger charge is 2.30. The Kier molecular flexibility index (Phi) is 2.67. The summed E-state index contributed by atoms with van der Waals surface area (Å²) in [5.74, 6) is 5.96. The van der Waals surface area contributed by atoms with E-state index in [0.29, 0.717) is 6.42 Å². The van der Waals surface area contributed by atoms with Crippen LogP contribution in [0.3, 0.4) is 0 Å². The molecule has 1 rings (SSSR count). The van der Waals surface area contributed by atoms with Gasteiger partial charge in [-0.3, -0.25) is 4.79 Å². The van der Waals surface area contributed by atoms with Gasteiger partial charge in [0.25, 0.3) is 0 Å². The van der Waals surface area contributed by atoms with E-state index in [-0.39, 0.29) is 17.7 Å². The van der Waals surface area contributed by atoms with Crippen LogP contribution in [0.1, 0.15) is 26.2 Å². The average molecular weight is 151 g/mol. The maximum atomic E-state index is 11.2. The van der Waals surface area contributed by atoms with E-state index in [4.69, 9.17) is 5.73 Å². The van der Waals surface area contributed by atoms with Gasteiger partial charge in [0.15, 0.2) is 0 Å². The van der Waals surface area contributed by atoms with Crippen molar-refractivity contribution < 1.29 is 4.79 Å². The van der Waals surface area contributed by atoms with Crippen LogP contribution in [0.25, 0.3) is 0 Å². The number of Topliss-reactive ketones (excluding diaryl/α,β-unsaturated/α-hetero) is 1. The quantitative estimate of drug-likeness (QED) is 0.590. The zero-order valence-electron chi connectivity index (χ0n) is 6.76. The van der Waals surface area contributed by atoms with Crippen molar-refractivity contribution in [3.8, 4) is 11.8 Å². The summed E-state index contributed by atoms with van der Waals surface area (Å²) in [6.07, 6.45) is 2.14. The fraction of sp³-hybridized carbons (Fsp3) is 0.667. The van der Waals surface area contributed by atoms with E-state index in [1.165, 1.54) is 0 Å². The second-order valence-corrected chi connectivity index (χ2v) is 3.00. The van der Waals surface area contributed by atoms with Gasteiger partial charge in [-0.15, -0.1) is 5.92 Å². The van der Waals surface area contributed by atoms with Crippen LogP contribution in [0.4, 0.5) is 0 Å². The van der Waals surface area contributed by atoms with E-state index >= 15 is 0 Å². The standard InChI is InChI=1S/C9H13NO/c1-2-3-4-9(11)7-5-8(10)6-7/h7-8H,4-6,10H2,1H3. The second kappa shape index (κ2) is 3.54. The van der Waals surface area contributed by atoms with Gasteiger partial charge >= 0.3 is 0 Å². The lowest BCUT2D eigenvalue weighted by Gasteiger charge is -2.30. The van der Waals surface area contributed by atoms with Gasteiger partial charge in [-0.05, 0) is 19.8 Å². The number of ketones is 1. The molecular formula is C9H13NO. The highest BCUT2D eigenvalue weighted by atomic mass is 16.1. The molecule has 0 amide bonds. The summed E-state index contributed by atoms with van der Waals surface area (Å²) in [4.78, 5) is 11.2. The second-order valence-electron chi connectivity index (χ2n) is 3.00. The van der Waals surface area contributed by atoms with Crippen molar-refractivity contribution >= 4 is 5.78 Å². The molecule has 1 aliphatic rings. The summed E-state index contributed by atoms with van der Waals surface area (Å²) in [6, 6.07) is 0.263. The largest absolute Gasteiger partial charge is 0.328 e. The fourth-order valence-corrected chi connectivity index (χ4v) is 1.24. The Hall–Kier alpha value is -0.810. The zero-order valence-corrected chi connectivity index (χ0v) is 6.76. The van der Waals surface area contributed by atoms with Gasteiger partial charge in [0.05, 0.1) is 6.42 Å². The Labute approximate surface area is 67.2 Å². The van der Waals surface area contributed by atoms with Gasteiger partial charge in [0, 0.05) is 12.0 Å². The van der Waals surface area contributed by atoms with Crippen LogP contribution in [0.15, 0.2) is 0 Å². The van der Waals surface area contributed by atoms with Crippen LogP contribution >= 0.6 is 0 Å². The van der Waals surface area contributed by atoms with Gasteiger partial charge in [-0.25, -0.2) is 0 Å². The lowest BCUT2D eigenvalue weighted by atomic mass is 9.77. The molecule has 0 aromatic heterocycles. The molecule has 1 aliphatic carbocycles. The molecule has 0 aromatic carbocycles. The molecule has 0 bridgehead atoms. The number of rotatable bonds is 2. The highest BCUT2D eigenvalue weighted by Crippen LogP contribution is 2.26. The SMILES string of the molecule is CC#CCC(=O)C1CC(N)C1. The first-order valence-electron chi connectivity index (χ1n) is 3.92. The Morgan fingerprint density at radius 2 is 2.27 bits per heavy atom. The summed E-state index contributed by atoms with van der Waals surface area (Å²) in [6.45, 7) is 1.75. The molecule has 1 saturated carbocycles. The molecule has 2 heteroatoms. The minimum atomic E-state index is 0.214. The van der Waals surface area contributed by atoms with Crippen molar-refractivity contribution in [3.05, 3.63) is 0 Å². The first kappa shape index (κ1) is 8.29. The predicted octanol–water partition coefficient (Wildman–Crippen LogP) is 0.706. The molecule has 0 spiro atoms. The minimum Gasteiger partial charge on any atom is -0.328 e. The van der Waals surface area contributed by atoms with Crippen molar-refractivity contribution in [2.24, 2.45) is 11.7 Å². The molecule has 0 saturated heterocycles. The van der Waals surface area contributed by atoms with Gasteiger partial charge < -0.3 is 5.73 Å². The molecular weight excluding hydrogens is 138 g/mol. The summed E-state index contributed by atoms with van der Waals surface area (Å²) >= 11 is 0. The van der Waals surface area contributed by atoms with Crippen LogP contribution in [-0.2, 0) is 4.79 Å². The molecule has 2 N–H and O–H groups in total. The molecule has 0 radical (unpaired) electrons. The summed E-state index contributed by atoms with van der Waals surface area (Å²) in [5, 5.41) is 0. The Bertz CT molecular complexity index is 205. The third kappa shape index (κ3) is 2.06. The van der Waals surface area contributed by atoms with Gasteiger partial charge in [-0.1, -0.05) is 5.92 Å². The third-order valence-corrected chi connectivity index (χ3v) is 2.07. The van der Waals surface area contributed by atoms with Crippen LogP contribution in [0.5, 0.6) is 0 Å². The average Bonchev–Trinajstić information content (AvgIpc) is 1.94. The molecule has 0 atom stereocenters. The molecule has 0 heterocycles. The van der Waals surface area contributed by atoms with Crippen molar-refractivity contribution in [2.75, 3.05) is 0 Å². The first-order valence-corrected chi connectivity index (χ1v) is 3.92. The monoisotopic (exact) mass is 151 g/mol. The van der Waals surface area contributed by atoms with E-state index < -0.39 is 0 Å². The van der Waals surface area contributed by atoms with Crippen molar-refractivity contribution in [2.45, 2.75) is 32.2 Å². The molecule has 2 nitrogen and oxygen atoms in total. The summed E-state index contributed by atoms with van der Waals surface area (Å²) < 4.78 is 0. The van der Waals surface area contributed by atoms with Crippen LogP contribution in [0.2, 0.25) is 0 Å². The van der Waals surface area contributed by atoms with Crippen LogP contribution < -0.4 is 5.73 Å². The van der Waals surface area contributed by atoms with E-state index in [9.17, 15) is 4.79 Å². The first-order chi connectivity index (χ1) is 5.24. The predicted molar refractivity (Wildman–Crippen MR) is 43.8 cm³/mol. The Balaban J connectivity index is 2.25. The van der Waals surface area contributed by atoms with Gasteiger partial charge in [-0.2, -0.15) is 0 Å². The number of nitrogens with two attached hydrogens (primary N) is 1. The molecule has 0 aromatic rings. The molecule has 0 aliphatic heterocycles. The number of carbonyl (C=O) groups is 1. The van der Waals surface area contributed by atoms with Gasteiger partial charge in [0.2, 0.25) is 0 Å². The summed E-state index contributed by atoms with van der Waals surface area (Å²) in [7, 11) is 0. The fourth-order valence-electron chi connectivity index (χ4n) is 1.24.